The van der Waals surface area contributed by atoms with Crippen molar-refractivity contribution in [3.8, 4) is 0 Å². The average Bonchev–Trinajstić information content (AvgIpc) is 2.98. The molecule has 0 aromatic heterocycles. The van der Waals surface area contributed by atoms with Crippen LogP contribution in [0.2, 0.25) is 0 Å². The van der Waals surface area contributed by atoms with Gasteiger partial charge in [0, 0.05) is 7.11 Å². The summed E-state index contributed by atoms with van der Waals surface area (Å²) >= 11 is 0. The highest BCUT2D eigenvalue weighted by molar-refractivity contribution is 6.47. The number of hydrogen-bond donors (Lipinski definition) is 5. The fraction of sp³-hybridized carbons (Fsp3) is 0.727. The predicted molar refractivity (Wildman–Crippen MR) is 76.9 cm³/mol. The molecule has 0 amide bonds. The topological polar surface area (TPSA) is 177 Å². The van der Waals surface area contributed by atoms with E-state index in [1.807, 2.05) is 0 Å². The van der Waals surface area contributed by atoms with Gasteiger partial charge in [0.2, 0.25) is 11.7 Å². The summed E-state index contributed by atoms with van der Waals surface area (Å²) in [6.45, 7) is -0.185. The molecule has 11 heteroatoms. The van der Waals surface area contributed by atoms with Gasteiger partial charge in [-0.3, -0.25) is 16.5 Å². The van der Waals surface area contributed by atoms with Crippen molar-refractivity contribution in [2.75, 3.05) is 20.4 Å². The van der Waals surface area contributed by atoms with Crippen molar-refractivity contribution in [1.82, 2.24) is 4.90 Å². The van der Waals surface area contributed by atoms with E-state index >= 15 is 0 Å². The molecule has 0 aromatic carbocycles. The summed E-state index contributed by atoms with van der Waals surface area (Å²) in [4.78, 5) is 13.8. The van der Waals surface area contributed by atoms with Crippen LogP contribution in [0.1, 0.15) is 0 Å². The molecule has 0 spiro atoms. The molecule has 0 saturated carbocycles. The summed E-state index contributed by atoms with van der Waals surface area (Å²) in [5, 5.41) is 19.4. The first-order chi connectivity index (χ1) is 10.4. The zero-order valence-corrected chi connectivity index (χ0v) is 12.0. The number of nitrogens with zero attached hydrogens (tertiary/aromatic N) is 4. The SMILES string of the molecule is CO[C@@H]1[C@H](O)[C@@H](CO)O[C@H]1N1CN=C2C1=NC(N)=NC2(N)N. The maximum absolute atomic E-state index is 10.1. The number of hydrogen-bond acceptors (Lipinski definition) is 11. The summed E-state index contributed by atoms with van der Waals surface area (Å²) in [7, 11) is 1.44. The molecule has 22 heavy (non-hydrogen) atoms. The Balaban J connectivity index is 1.90. The molecule has 3 aliphatic heterocycles. The summed E-state index contributed by atoms with van der Waals surface area (Å²) in [6.07, 6.45) is -3.16. The lowest BCUT2D eigenvalue weighted by Gasteiger charge is -2.32. The van der Waals surface area contributed by atoms with Crippen LogP contribution in [-0.2, 0) is 9.47 Å². The molecule has 0 aliphatic carbocycles. The lowest BCUT2D eigenvalue weighted by atomic mass is 10.1. The summed E-state index contributed by atoms with van der Waals surface area (Å²) in [5.74, 6) is -1.31. The van der Waals surface area contributed by atoms with Gasteiger partial charge in [0.05, 0.1) is 6.61 Å². The van der Waals surface area contributed by atoms with Crippen LogP contribution in [-0.4, -0.2) is 83.3 Å². The van der Waals surface area contributed by atoms with Crippen LogP contribution in [0.15, 0.2) is 15.0 Å². The van der Waals surface area contributed by atoms with Crippen molar-refractivity contribution in [3.05, 3.63) is 0 Å². The molecule has 4 atom stereocenters. The molecule has 1 fully saturated rings. The van der Waals surface area contributed by atoms with Gasteiger partial charge in [-0.15, -0.1) is 0 Å². The Morgan fingerprint density at radius 3 is 2.86 bits per heavy atom. The highest BCUT2D eigenvalue weighted by atomic mass is 16.6. The molecule has 3 heterocycles. The monoisotopic (exact) mass is 313 g/mol. The van der Waals surface area contributed by atoms with Gasteiger partial charge in [-0.1, -0.05) is 0 Å². The van der Waals surface area contributed by atoms with Gasteiger partial charge >= 0.3 is 0 Å². The zero-order chi connectivity index (χ0) is 16.1. The quantitative estimate of drug-likeness (QED) is 0.328. The lowest BCUT2D eigenvalue weighted by molar-refractivity contribution is -0.0765. The molecule has 1 saturated heterocycles. The number of amidine groups is 1. The van der Waals surface area contributed by atoms with Crippen molar-refractivity contribution in [2.45, 2.75) is 30.3 Å². The molecule has 3 aliphatic rings. The second-order valence-corrected chi connectivity index (χ2v) is 5.29. The first kappa shape index (κ1) is 15.3. The van der Waals surface area contributed by atoms with Crippen molar-refractivity contribution in [3.63, 3.8) is 0 Å². The minimum atomic E-state index is -1.56. The number of aliphatic hydroxyl groups is 2. The fourth-order valence-electron chi connectivity index (χ4n) is 2.80. The van der Waals surface area contributed by atoms with E-state index in [1.54, 1.807) is 4.90 Å². The van der Waals surface area contributed by atoms with E-state index in [0.29, 0.717) is 5.84 Å². The van der Waals surface area contributed by atoms with Crippen LogP contribution in [0.5, 0.6) is 0 Å². The van der Waals surface area contributed by atoms with Crippen LogP contribution in [0.3, 0.4) is 0 Å². The van der Waals surface area contributed by atoms with Gasteiger partial charge in [-0.25, -0.2) is 4.99 Å². The molecule has 0 radical (unpaired) electrons. The van der Waals surface area contributed by atoms with E-state index < -0.39 is 30.3 Å². The number of guanidine groups is 1. The minimum Gasteiger partial charge on any atom is -0.394 e. The summed E-state index contributed by atoms with van der Waals surface area (Å²) in [6, 6.07) is 0. The minimum absolute atomic E-state index is 0.0722. The van der Waals surface area contributed by atoms with E-state index in [2.05, 4.69) is 15.0 Å². The summed E-state index contributed by atoms with van der Waals surface area (Å²) < 4.78 is 10.9. The molecule has 122 valence electrons. The largest absolute Gasteiger partial charge is 0.394 e. The molecular weight excluding hydrogens is 294 g/mol. The van der Waals surface area contributed by atoms with Gasteiger partial charge < -0.3 is 30.3 Å². The molecule has 0 bridgehead atoms. The maximum Gasteiger partial charge on any atom is 0.220 e. The van der Waals surface area contributed by atoms with Crippen LogP contribution >= 0.6 is 0 Å². The van der Waals surface area contributed by atoms with E-state index in [1.165, 1.54) is 7.11 Å². The second kappa shape index (κ2) is 5.22. The van der Waals surface area contributed by atoms with Gasteiger partial charge in [0.25, 0.3) is 0 Å². The van der Waals surface area contributed by atoms with Crippen LogP contribution in [0.25, 0.3) is 0 Å². The van der Waals surface area contributed by atoms with Gasteiger partial charge in [-0.05, 0) is 0 Å². The Bertz CT molecular complexity index is 561. The predicted octanol–water partition coefficient (Wildman–Crippen LogP) is -3.91. The smallest absolute Gasteiger partial charge is 0.220 e. The van der Waals surface area contributed by atoms with Crippen molar-refractivity contribution in [1.29, 1.82) is 0 Å². The van der Waals surface area contributed by atoms with Crippen LogP contribution in [0, 0.1) is 0 Å². The van der Waals surface area contributed by atoms with Crippen LogP contribution < -0.4 is 17.2 Å². The number of methoxy groups -OCH3 is 1. The first-order valence-electron chi connectivity index (χ1n) is 6.70. The van der Waals surface area contributed by atoms with Crippen molar-refractivity contribution in [2.24, 2.45) is 32.2 Å². The van der Waals surface area contributed by atoms with Crippen molar-refractivity contribution >= 4 is 17.5 Å². The Kier molecular flexibility index (Phi) is 3.63. The standard InChI is InChI=1S/C11H19N7O4/c1-21-6-5(20)4(2-19)22-9(6)18-3-15-7-8(18)16-10(12)17-11(7,13)14/h4-6,9,19-20H,2-3,13-14H2,1H3,(H2,12,17)/t4-,5-,6-,9-/m1/s1. The number of rotatable bonds is 3. The van der Waals surface area contributed by atoms with Gasteiger partial charge in [0.15, 0.2) is 12.1 Å². The number of ether oxygens (including phenoxy) is 2. The van der Waals surface area contributed by atoms with Gasteiger partial charge in [-0.2, -0.15) is 4.99 Å². The van der Waals surface area contributed by atoms with E-state index in [-0.39, 0.29) is 24.9 Å². The molecule has 8 N–H and O–H groups in total. The number of fused-ring (bicyclic) bond motifs is 1. The third kappa shape index (κ3) is 2.18. The Morgan fingerprint density at radius 1 is 1.50 bits per heavy atom. The van der Waals surface area contributed by atoms with Crippen LogP contribution in [0.4, 0.5) is 0 Å². The third-order valence-corrected chi connectivity index (χ3v) is 3.84. The summed E-state index contributed by atoms with van der Waals surface area (Å²) in [5.41, 5.74) is 17.7. The zero-order valence-electron chi connectivity index (χ0n) is 12.0. The molecule has 11 nitrogen and oxygen atoms in total. The molecule has 0 aromatic rings. The number of aliphatic imine (C=N–C) groups is 3. The maximum atomic E-state index is 10.1. The number of nitrogens with two attached hydrogens (primary N) is 3. The number of aliphatic hydroxyl groups excluding tert-OH is 2. The Labute approximate surface area is 126 Å². The first-order valence-corrected chi connectivity index (χ1v) is 6.70. The molecular formula is C11H19N7O4. The van der Waals surface area contributed by atoms with Crippen molar-refractivity contribution < 1.29 is 19.7 Å². The fourth-order valence-corrected chi connectivity index (χ4v) is 2.80. The highest BCUT2D eigenvalue weighted by Crippen LogP contribution is 2.29. The Morgan fingerprint density at radius 2 is 2.23 bits per heavy atom. The normalized spacial score (nSPS) is 36.8. The lowest BCUT2D eigenvalue weighted by Crippen LogP contribution is -2.62. The van der Waals surface area contributed by atoms with E-state index in [4.69, 9.17) is 26.7 Å². The van der Waals surface area contributed by atoms with E-state index in [0.717, 1.165) is 0 Å². The third-order valence-electron chi connectivity index (χ3n) is 3.84. The van der Waals surface area contributed by atoms with Gasteiger partial charge in [0.1, 0.15) is 30.7 Å². The Hall–Kier alpha value is -1.63. The highest BCUT2D eigenvalue weighted by Gasteiger charge is 2.51. The second-order valence-electron chi connectivity index (χ2n) is 5.29. The molecule has 3 rings (SSSR count). The average molecular weight is 313 g/mol. The van der Waals surface area contributed by atoms with E-state index in [9.17, 15) is 10.2 Å². The molecule has 0 unspecified atom stereocenters.